The predicted octanol–water partition coefficient (Wildman–Crippen LogP) is 1.36. The molecule has 1 N–H and O–H groups in total. The number of benzene rings is 1. The second kappa shape index (κ2) is 5.44. The van der Waals surface area contributed by atoms with Crippen molar-refractivity contribution in [3.05, 3.63) is 23.8 Å². The minimum absolute atomic E-state index is 0.222. The Hall–Kier alpha value is -1.96. The molecule has 8 heteroatoms. The normalized spacial score (nSPS) is 18.9. The minimum Gasteiger partial charge on any atom is -0.326 e. The number of anilines is 2. The average molecular weight is 314 g/mol. The summed E-state index contributed by atoms with van der Waals surface area (Å²) in [5, 5.41) is 1.29. The molecule has 2 amide bonds. The minimum atomic E-state index is -4.75. The van der Waals surface area contributed by atoms with Gasteiger partial charge in [-0.05, 0) is 24.6 Å². The molecule has 1 atom stereocenters. The Labute approximate surface area is 122 Å². The van der Waals surface area contributed by atoms with Crippen LogP contribution in [-0.4, -0.2) is 32.0 Å². The summed E-state index contributed by atoms with van der Waals surface area (Å²) < 4.78 is 34.8. The van der Waals surface area contributed by atoms with E-state index in [0.717, 1.165) is 5.56 Å². The second-order valence-electron chi connectivity index (χ2n) is 4.99. The molecule has 0 saturated carbocycles. The van der Waals surface area contributed by atoms with E-state index in [9.17, 15) is 21.9 Å². The highest BCUT2D eigenvalue weighted by molar-refractivity contribution is 7.87. The van der Waals surface area contributed by atoms with Crippen molar-refractivity contribution < 1.29 is 21.9 Å². The molecule has 0 aliphatic carbocycles. The molecule has 1 aliphatic rings. The van der Waals surface area contributed by atoms with E-state index in [1.807, 2.05) is 0 Å². The Morgan fingerprint density at radius 2 is 2.10 bits per heavy atom. The third kappa shape index (κ3) is 3.38. The molecule has 114 valence electrons. The number of rotatable bonds is 3. The van der Waals surface area contributed by atoms with Crippen LogP contribution in [0.25, 0.3) is 0 Å². The zero-order valence-corrected chi connectivity index (χ0v) is 12.4. The van der Waals surface area contributed by atoms with Crippen LogP contribution in [0.15, 0.2) is 18.2 Å². The first kappa shape index (κ1) is 15.4. The SMILES string of the molecule is CC(=O)Nc1cc(N2CC(S(=O)(=O)F)CC2=O)ccc1C. The molecule has 1 fully saturated rings. The van der Waals surface area contributed by atoms with E-state index in [-0.39, 0.29) is 18.9 Å². The van der Waals surface area contributed by atoms with Gasteiger partial charge < -0.3 is 10.2 Å². The lowest BCUT2D eigenvalue weighted by molar-refractivity contribution is -0.117. The van der Waals surface area contributed by atoms with Crippen molar-refractivity contribution in [2.75, 3.05) is 16.8 Å². The molecule has 0 aromatic heterocycles. The highest BCUT2D eigenvalue weighted by atomic mass is 32.3. The van der Waals surface area contributed by atoms with E-state index in [1.54, 1.807) is 25.1 Å². The van der Waals surface area contributed by atoms with Gasteiger partial charge in [-0.2, -0.15) is 8.42 Å². The number of nitrogens with zero attached hydrogens (tertiary/aromatic N) is 1. The summed E-state index contributed by atoms with van der Waals surface area (Å²) >= 11 is 0. The van der Waals surface area contributed by atoms with Crippen LogP contribution in [0.4, 0.5) is 15.3 Å². The summed E-state index contributed by atoms with van der Waals surface area (Å²) in [5.41, 5.74) is 1.76. The molecule has 0 radical (unpaired) electrons. The molecular formula is C13H15FN2O4S. The summed E-state index contributed by atoms with van der Waals surface area (Å²) in [6.07, 6.45) is -0.373. The first-order valence-corrected chi connectivity index (χ1v) is 7.75. The fourth-order valence-electron chi connectivity index (χ4n) is 2.22. The van der Waals surface area contributed by atoms with Crippen molar-refractivity contribution in [1.29, 1.82) is 0 Å². The van der Waals surface area contributed by atoms with Crippen molar-refractivity contribution in [3.63, 3.8) is 0 Å². The Morgan fingerprint density at radius 3 is 2.62 bits per heavy atom. The molecule has 1 aliphatic heterocycles. The zero-order chi connectivity index (χ0) is 15.8. The second-order valence-corrected chi connectivity index (χ2v) is 6.60. The largest absolute Gasteiger partial charge is 0.326 e. The Kier molecular flexibility index (Phi) is 3.99. The molecule has 2 rings (SSSR count). The zero-order valence-electron chi connectivity index (χ0n) is 11.6. The number of carbonyl (C=O) groups excluding carboxylic acids is 2. The smallest absolute Gasteiger partial charge is 0.307 e. The summed E-state index contributed by atoms with van der Waals surface area (Å²) in [4.78, 5) is 24.2. The van der Waals surface area contributed by atoms with Crippen molar-refractivity contribution >= 4 is 33.4 Å². The first-order chi connectivity index (χ1) is 9.68. The van der Waals surface area contributed by atoms with Gasteiger partial charge in [-0.1, -0.05) is 6.07 Å². The Bertz CT molecular complexity index is 702. The lowest BCUT2D eigenvalue weighted by Gasteiger charge is -2.18. The number of hydrogen-bond acceptors (Lipinski definition) is 4. The van der Waals surface area contributed by atoms with Crippen LogP contribution < -0.4 is 10.2 Å². The van der Waals surface area contributed by atoms with Gasteiger partial charge >= 0.3 is 10.2 Å². The molecule has 0 spiro atoms. The maximum atomic E-state index is 13.0. The van der Waals surface area contributed by atoms with Crippen LogP contribution in [0.2, 0.25) is 0 Å². The highest BCUT2D eigenvalue weighted by Gasteiger charge is 2.39. The van der Waals surface area contributed by atoms with Crippen molar-refractivity contribution in [2.45, 2.75) is 25.5 Å². The van der Waals surface area contributed by atoms with Gasteiger partial charge in [0, 0.05) is 31.3 Å². The van der Waals surface area contributed by atoms with E-state index < -0.39 is 21.4 Å². The van der Waals surface area contributed by atoms with Gasteiger partial charge in [-0.15, -0.1) is 3.89 Å². The molecule has 6 nitrogen and oxygen atoms in total. The van der Waals surface area contributed by atoms with Gasteiger partial charge in [-0.25, -0.2) is 0 Å². The number of hydrogen-bond donors (Lipinski definition) is 1. The Balaban J connectivity index is 2.30. The maximum absolute atomic E-state index is 13.0. The molecule has 1 aromatic rings. The van der Waals surface area contributed by atoms with Crippen LogP contribution in [0.3, 0.4) is 0 Å². The third-order valence-corrected chi connectivity index (χ3v) is 4.44. The first-order valence-electron chi connectivity index (χ1n) is 6.30. The molecular weight excluding hydrogens is 299 g/mol. The highest BCUT2D eigenvalue weighted by Crippen LogP contribution is 2.29. The van der Waals surface area contributed by atoms with Crippen LogP contribution in [0.5, 0.6) is 0 Å². The van der Waals surface area contributed by atoms with Crippen molar-refractivity contribution in [1.82, 2.24) is 0 Å². The molecule has 1 unspecified atom stereocenters. The molecule has 1 aromatic carbocycles. The Morgan fingerprint density at radius 1 is 1.43 bits per heavy atom. The molecule has 0 bridgehead atoms. The summed E-state index contributed by atoms with van der Waals surface area (Å²) in [7, 11) is -4.75. The van der Waals surface area contributed by atoms with E-state index in [1.165, 1.54) is 11.8 Å². The number of nitrogens with one attached hydrogen (secondary N) is 1. The summed E-state index contributed by atoms with van der Waals surface area (Å²) in [5.74, 6) is -0.717. The van der Waals surface area contributed by atoms with E-state index in [2.05, 4.69) is 5.32 Å². The standard InChI is InChI=1S/C13H15FN2O4S/c1-8-3-4-10(5-12(8)15-9(2)17)16-7-11(6-13(16)18)21(14,19)20/h3-5,11H,6-7H2,1-2H3,(H,15,17). The van der Waals surface area contributed by atoms with Crippen LogP contribution in [-0.2, 0) is 19.8 Å². The molecule has 21 heavy (non-hydrogen) atoms. The molecule has 1 saturated heterocycles. The van der Waals surface area contributed by atoms with Gasteiger partial charge in [0.25, 0.3) is 0 Å². The van der Waals surface area contributed by atoms with Crippen LogP contribution >= 0.6 is 0 Å². The van der Waals surface area contributed by atoms with E-state index in [0.29, 0.717) is 11.4 Å². The van der Waals surface area contributed by atoms with Gasteiger partial charge in [0.1, 0.15) is 5.25 Å². The lowest BCUT2D eigenvalue weighted by Crippen LogP contribution is -2.27. The number of halogens is 1. The van der Waals surface area contributed by atoms with E-state index >= 15 is 0 Å². The van der Waals surface area contributed by atoms with Crippen molar-refractivity contribution in [3.8, 4) is 0 Å². The van der Waals surface area contributed by atoms with Gasteiger partial charge in [0.15, 0.2) is 0 Å². The monoisotopic (exact) mass is 314 g/mol. The fraction of sp³-hybridized carbons (Fsp3) is 0.385. The van der Waals surface area contributed by atoms with Crippen LogP contribution in [0, 0.1) is 6.92 Å². The third-order valence-electron chi connectivity index (χ3n) is 3.33. The van der Waals surface area contributed by atoms with E-state index in [4.69, 9.17) is 0 Å². The fourth-order valence-corrected chi connectivity index (χ4v) is 2.88. The average Bonchev–Trinajstić information content (AvgIpc) is 2.73. The van der Waals surface area contributed by atoms with Gasteiger partial charge in [0.2, 0.25) is 11.8 Å². The predicted molar refractivity (Wildman–Crippen MR) is 76.3 cm³/mol. The maximum Gasteiger partial charge on any atom is 0.307 e. The summed E-state index contributed by atoms with van der Waals surface area (Å²) in [6.45, 7) is 2.93. The topological polar surface area (TPSA) is 83.6 Å². The van der Waals surface area contributed by atoms with Crippen LogP contribution in [0.1, 0.15) is 18.9 Å². The summed E-state index contributed by atoms with van der Waals surface area (Å²) in [6, 6.07) is 4.90. The van der Waals surface area contributed by atoms with Gasteiger partial charge in [-0.3, -0.25) is 9.59 Å². The number of amides is 2. The van der Waals surface area contributed by atoms with Crippen molar-refractivity contribution in [2.24, 2.45) is 0 Å². The lowest BCUT2D eigenvalue weighted by atomic mass is 10.1. The molecule has 1 heterocycles. The number of carbonyl (C=O) groups is 2. The number of aryl methyl sites for hydroxylation is 1. The quantitative estimate of drug-likeness (QED) is 0.854. The van der Waals surface area contributed by atoms with Gasteiger partial charge in [0.05, 0.1) is 0 Å².